The van der Waals surface area contributed by atoms with Gasteiger partial charge in [0.15, 0.2) is 11.6 Å². The molecule has 48 heavy (non-hydrogen) atoms. The van der Waals surface area contributed by atoms with Crippen molar-refractivity contribution < 1.29 is 19.2 Å². The SMILES string of the molecule is CC(=O)C(/N=N/c1ccc(-c2ccc(/N=N/C(C(C)=O)C(=O)Nc3ccc(C)cc3C)c(Cl)c2)cc1Cl)C(=O)Nc1ccc(C)cc1C. The van der Waals surface area contributed by atoms with Crippen molar-refractivity contribution in [2.75, 3.05) is 10.6 Å². The molecule has 0 aromatic heterocycles. The van der Waals surface area contributed by atoms with Crippen LogP contribution in [0.4, 0.5) is 22.7 Å². The summed E-state index contributed by atoms with van der Waals surface area (Å²) in [5.74, 6) is -2.15. The maximum atomic E-state index is 12.9. The predicted octanol–water partition coefficient (Wildman–Crippen LogP) is 9.25. The summed E-state index contributed by atoms with van der Waals surface area (Å²) >= 11 is 13.0. The zero-order valence-corrected chi connectivity index (χ0v) is 28.8. The van der Waals surface area contributed by atoms with Crippen LogP contribution in [0, 0.1) is 27.7 Å². The summed E-state index contributed by atoms with van der Waals surface area (Å²) < 4.78 is 0. The van der Waals surface area contributed by atoms with Crippen molar-refractivity contribution in [3.8, 4) is 11.1 Å². The highest BCUT2D eigenvalue weighted by Crippen LogP contribution is 2.35. The first-order valence-electron chi connectivity index (χ1n) is 14.9. The molecule has 0 saturated heterocycles. The quantitative estimate of drug-likeness (QED) is 0.120. The summed E-state index contributed by atoms with van der Waals surface area (Å²) in [6.07, 6.45) is 0. The molecule has 0 fully saturated rings. The molecule has 0 saturated carbocycles. The van der Waals surface area contributed by atoms with Crippen LogP contribution >= 0.6 is 23.2 Å². The van der Waals surface area contributed by atoms with E-state index in [9.17, 15) is 19.2 Å². The molecule has 2 unspecified atom stereocenters. The van der Waals surface area contributed by atoms with Crippen LogP contribution in [-0.2, 0) is 19.2 Å². The number of halogens is 2. The van der Waals surface area contributed by atoms with Gasteiger partial charge in [0.05, 0.1) is 10.0 Å². The zero-order chi connectivity index (χ0) is 35.1. The molecule has 0 radical (unpaired) electrons. The van der Waals surface area contributed by atoms with E-state index in [1.54, 1.807) is 48.5 Å². The number of anilines is 2. The Morgan fingerprint density at radius 2 is 0.938 bits per heavy atom. The van der Waals surface area contributed by atoms with Crippen molar-refractivity contribution >= 4 is 69.3 Å². The van der Waals surface area contributed by atoms with Crippen molar-refractivity contribution in [1.82, 2.24) is 0 Å². The minimum Gasteiger partial charge on any atom is -0.324 e. The minimum absolute atomic E-state index is 0.229. The Kier molecular flexibility index (Phi) is 11.7. The minimum atomic E-state index is -1.36. The van der Waals surface area contributed by atoms with Gasteiger partial charge < -0.3 is 10.6 Å². The van der Waals surface area contributed by atoms with Crippen molar-refractivity contribution in [3.63, 3.8) is 0 Å². The molecule has 0 bridgehead atoms. The Bertz CT molecular complexity index is 1830. The Balaban J connectivity index is 1.47. The van der Waals surface area contributed by atoms with Gasteiger partial charge in [-0.3, -0.25) is 19.2 Å². The molecule has 0 aliphatic rings. The molecule has 246 valence electrons. The van der Waals surface area contributed by atoms with Crippen LogP contribution in [0.15, 0.2) is 93.3 Å². The Hall–Kier alpha value is -5.06. The number of nitrogens with zero attached hydrogens (tertiary/aromatic N) is 4. The van der Waals surface area contributed by atoms with Gasteiger partial charge in [-0.05, 0) is 100 Å². The van der Waals surface area contributed by atoms with Crippen molar-refractivity contribution in [2.24, 2.45) is 20.5 Å². The second kappa shape index (κ2) is 15.7. The third-order valence-electron chi connectivity index (χ3n) is 7.34. The maximum absolute atomic E-state index is 12.9. The molecule has 2 N–H and O–H groups in total. The molecule has 4 rings (SSSR count). The Morgan fingerprint density at radius 1 is 0.562 bits per heavy atom. The van der Waals surface area contributed by atoms with Gasteiger partial charge in [-0.25, -0.2) is 0 Å². The lowest BCUT2D eigenvalue weighted by Crippen LogP contribution is -2.32. The summed E-state index contributed by atoms with van der Waals surface area (Å²) in [5, 5.41) is 22.1. The molecule has 12 heteroatoms. The van der Waals surface area contributed by atoms with E-state index >= 15 is 0 Å². The first-order valence-corrected chi connectivity index (χ1v) is 15.7. The lowest BCUT2D eigenvalue weighted by molar-refractivity contribution is -0.127. The molecule has 0 aliphatic heterocycles. The lowest BCUT2D eigenvalue weighted by Gasteiger charge is -2.12. The van der Waals surface area contributed by atoms with Crippen LogP contribution in [0.25, 0.3) is 11.1 Å². The Labute approximate surface area is 288 Å². The molecule has 10 nitrogen and oxygen atoms in total. The van der Waals surface area contributed by atoms with E-state index < -0.39 is 35.5 Å². The summed E-state index contributed by atoms with van der Waals surface area (Å²) in [4.78, 5) is 50.2. The summed E-state index contributed by atoms with van der Waals surface area (Å²) in [5.41, 5.74) is 6.86. The monoisotopic (exact) mass is 684 g/mol. The Morgan fingerprint density at radius 3 is 1.25 bits per heavy atom. The molecule has 0 spiro atoms. The molecular formula is C36H34Cl2N6O4. The number of amides is 2. The summed E-state index contributed by atoms with van der Waals surface area (Å²) in [6, 6.07) is 18.3. The van der Waals surface area contributed by atoms with E-state index in [2.05, 4.69) is 31.1 Å². The van der Waals surface area contributed by atoms with Gasteiger partial charge in [-0.15, -0.1) is 0 Å². The first kappa shape index (κ1) is 35.8. The number of aryl methyl sites for hydroxylation is 4. The molecule has 2 atom stereocenters. The topological polar surface area (TPSA) is 142 Å². The number of rotatable bonds is 11. The molecule has 4 aromatic carbocycles. The van der Waals surface area contributed by atoms with Crippen LogP contribution in [0.1, 0.15) is 36.1 Å². The van der Waals surface area contributed by atoms with Crippen molar-refractivity contribution in [1.29, 1.82) is 0 Å². The third kappa shape index (κ3) is 9.05. The number of nitrogens with one attached hydrogen (secondary N) is 2. The van der Waals surface area contributed by atoms with E-state index in [0.29, 0.717) is 22.5 Å². The van der Waals surface area contributed by atoms with Gasteiger partial charge in [-0.2, -0.15) is 20.5 Å². The largest absolute Gasteiger partial charge is 0.324 e. The average molecular weight is 686 g/mol. The standard InChI is InChI=1S/C36H34Cl2N6O4/c1-19-7-11-29(21(3)15-19)39-35(47)33(23(5)45)43-41-31-13-9-25(17-27(31)37)26-10-14-32(28(38)18-26)42-44-34(24(6)46)36(48)40-30-12-8-20(2)16-22(30)4/h7-18,33-34H,1-6H3,(H,39,47)(H,40,48)/b43-41+,44-42+. The molecule has 0 aliphatic carbocycles. The van der Waals surface area contributed by atoms with E-state index in [0.717, 1.165) is 22.3 Å². The summed E-state index contributed by atoms with van der Waals surface area (Å²) in [7, 11) is 0. The predicted molar refractivity (Wildman–Crippen MR) is 189 cm³/mol. The number of azo groups is 2. The van der Waals surface area contributed by atoms with Crippen LogP contribution in [0.2, 0.25) is 10.0 Å². The number of carbonyl (C=O) groups is 4. The van der Waals surface area contributed by atoms with Gasteiger partial charge in [0.2, 0.25) is 12.1 Å². The molecule has 4 aromatic rings. The van der Waals surface area contributed by atoms with E-state index in [-0.39, 0.29) is 21.4 Å². The smallest absolute Gasteiger partial charge is 0.258 e. The first-order chi connectivity index (χ1) is 22.7. The van der Waals surface area contributed by atoms with Gasteiger partial charge in [0, 0.05) is 11.4 Å². The summed E-state index contributed by atoms with van der Waals surface area (Å²) in [6.45, 7) is 10.1. The van der Waals surface area contributed by atoms with Crippen molar-refractivity contribution in [2.45, 2.75) is 53.6 Å². The normalized spacial score (nSPS) is 12.6. The van der Waals surface area contributed by atoms with Crippen LogP contribution < -0.4 is 10.6 Å². The number of hydrogen-bond donors (Lipinski definition) is 2. The number of ketones is 2. The second-order valence-corrected chi connectivity index (χ2v) is 12.2. The van der Waals surface area contributed by atoms with Crippen LogP contribution in [-0.4, -0.2) is 35.5 Å². The highest BCUT2D eigenvalue weighted by atomic mass is 35.5. The highest BCUT2D eigenvalue weighted by molar-refractivity contribution is 6.34. The average Bonchev–Trinajstić information content (AvgIpc) is 3.01. The maximum Gasteiger partial charge on any atom is 0.258 e. The molecule has 0 heterocycles. The van der Waals surface area contributed by atoms with E-state index in [1.165, 1.54) is 13.8 Å². The van der Waals surface area contributed by atoms with E-state index in [1.807, 2.05) is 52.0 Å². The van der Waals surface area contributed by atoms with Gasteiger partial charge in [0.25, 0.3) is 11.8 Å². The number of hydrogen-bond acceptors (Lipinski definition) is 8. The van der Waals surface area contributed by atoms with Crippen LogP contribution in [0.3, 0.4) is 0 Å². The fourth-order valence-corrected chi connectivity index (χ4v) is 5.16. The number of benzene rings is 4. The van der Waals surface area contributed by atoms with Gasteiger partial charge in [0.1, 0.15) is 11.4 Å². The van der Waals surface area contributed by atoms with Gasteiger partial charge >= 0.3 is 0 Å². The fraction of sp³-hybridized carbons (Fsp3) is 0.222. The third-order valence-corrected chi connectivity index (χ3v) is 7.94. The molecular weight excluding hydrogens is 651 g/mol. The lowest BCUT2D eigenvalue weighted by atomic mass is 10.0. The fourth-order valence-electron chi connectivity index (χ4n) is 4.72. The zero-order valence-electron chi connectivity index (χ0n) is 27.3. The van der Waals surface area contributed by atoms with Crippen molar-refractivity contribution in [3.05, 3.63) is 105 Å². The van der Waals surface area contributed by atoms with Gasteiger partial charge in [-0.1, -0.05) is 70.7 Å². The number of Topliss-reactive ketones (excluding diaryl/α,β-unsaturated/α-hetero) is 2. The second-order valence-electron chi connectivity index (χ2n) is 11.4. The molecule has 2 amide bonds. The van der Waals surface area contributed by atoms with Crippen LogP contribution in [0.5, 0.6) is 0 Å². The number of carbonyl (C=O) groups excluding carboxylic acids is 4. The highest BCUT2D eigenvalue weighted by Gasteiger charge is 2.25. The van der Waals surface area contributed by atoms with E-state index in [4.69, 9.17) is 23.2 Å².